The lowest BCUT2D eigenvalue weighted by Crippen LogP contribution is -3.11. The van der Waals surface area contributed by atoms with Crippen LogP contribution in [0.15, 0.2) is 79.0 Å². The summed E-state index contributed by atoms with van der Waals surface area (Å²) in [7, 11) is 0. The SMILES string of the molecule is CC[NH+](CC)CCOC(=O)c1ccc(NC(=O)c2cn(-c3ccc(F)cc3)nc2-c2ccc(C)cc2)cc1. The average molecular weight is 516 g/mol. The van der Waals surface area contributed by atoms with E-state index < -0.39 is 5.97 Å². The maximum atomic E-state index is 13.4. The molecule has 1 amide bonds. The first-order valence-corrected chi connectivity index (χ1v) is 12.7. The van der Waals surface area contributed by atoms with Crippen LogP contribution >= 0.6 is 0 Å². The van der Waals surface area contributed by atoms with Crippen LogP contribution in [-0.4, -0.2) is 47.9 Å². The smallest absolute Gasteiger partial charge is 0.338 e. The van der Waals surface area contributed by atoms with E-state index in [-0.39, 0.29) is 11.7 Å². The highest BCUT2D eigenvalue weighted by Gasteiger charge is 2.19. The lowest BCUT2D eigenvalue weighted by atomic mass is 10.1. The van der Waals surface area contributed by atoms with Crippen LogP contribution in [0.25, 0.3) is 16.9 Å². The van der Waals surface area contributed by atoms with Crippen molar-refractivity contribution in [1.82, 2.24) is 9.78 Å². The monoisotopic (exact) mass is 515 g/mol. The molecule has 0 aliphatic heterocycles. The highest BCUT2D eigenvalue weighted by Crippen LogP contribution is 2.25. The molecule has 1 aromatic heterocycles. The van der Waals surface area contributed by atoms with Crippen LogP contribution in [0.1, 0.15) is 40.1 Å². The predicted molar refractivity (Wildman–Crippen MR) is 145 cm³/mol. The summed E-state index contributed by atoms with van der Waals surface area (Å²) in [6.07, 6.45) is 1.63. The Morgan fingerprint density at radius 2 is 1.61 bits per heavy atom. The van der Waals surface area contributed by atoms with Gasteiger partial charge in [-0.15, -0.1) is 0 Å². The number of quaternary nitrogens is 1. The number of aryl methyl sites for hydroxylation is 1. The van der Waals surface area contributed by atoms with Gasteiger partial charge in [-0.3, -0.25) is 4.79 Å². The van der Waals surface area contributed by atoms with Crippen LogP contribution in [0, 0.1) is 12.7 Å². The summed E-state index contributed by atoms with van der Waals surface area (Å²) in [5, 5.41) is 7.52. The van der Waals surface area contributed by atoms with Gasteiger partial charge >= 0.3 is 5.97 Å². The number of halogens is 1. The van der Waals surface area contributed by atoms with Gasteiger partial charge in [-0.25, -0.2) is 13.9 Å². The molecule has 0 unspecified atom stereocenters. The van der Waals surface area contributed by atoms with Crippen molar-refractivity contribution in [1.29, 1.82) is 0 Å². The molecule has 0 spiro atoms. The fourth-order valence-corrected chi connectivity index (χ4v) is 4.05. The molecule has 7 nitrogen and oxygen atoms in total. The number of amides is 1. The number of ether oxygens (including phenoxy) is 1. The third-order valence-corrected chi connectivity index (χ3v) is 6.44. The largest absolute Gasteiger partial charge is 0.456 e. The van der Waals surface area contributed by atoms with Crippen molar-refractivity contribution in [3.05, 3.63) is 102 Å². The van der Waals surface area contributed by atoms with E-state index in [4.69, 9.17) is 4.74 Å². The molecule has 0 saturated heterocycles. The molecule has 196 valence electrons. The summed E-state index contributed by atoms with van der Waals surface area (Å²) < 4.78 is 20.4. The van der Waals surface area contributed by atoms with Gasteiger partial charge in [0.15, 0.2) is 0 Å². The van der Waals surface area contributed by atoms with E-state index in [0.29, 0.717) is 34.8 Å². The number of esters is 1. The molecule has 8 heteroatoms. The zero-order valence-electron chi connectivity index (χ0n) is 21.8. The molecular formula is C30H32FN4O3+. The summed E-state index contributed by atoms with van der Waals surface area (Å²) >= 11 is 0. The van der Waals surface area contributed by atoms with Gasteiger partial charge in [-0.2, -0.15) is 5.10 Å². The van der Waals surface area contributed by atoms with Crippen molar-refractivity contribution >= 4 is 17.6 Å². The zero-order valence-corrected chi connectivity index (χ0v) is 21.8. The first-order chi connectivity index (χ1) is 18.4. The van der Waals surface area contributed by atoms with Crippen LogP contribution in [0.2, 0.25) is 0 Å². The Balaban J connectivity index is 1.51. The Morgan fingerprint density at radius 1 is 0.947 bits per heavy atom. The number of aromatic nitrogens is 2. The molecule has 0 saturated carbocycles. The normalized spacial score (nSPS) is 11.0. The molecule has 0 fully saturated rings. The number of carbonyl (C=O) groups excluding carboxylic acids is 2. The molecular weight excluding hydrogens is 483 g/mol. The van der Waals surface area contributed by atoms with E-state index in [9.17, 15) is 14.0 Å². The molecule has 0 bridgehead atoms. The van der Waals surface area contributed by atoms with Gasteiger partial charge in [0.1, 0.15) is 24.7 Å². The summed E-state index contributed by atoms with van der Waals surface area (Å²) in [4.78, 5) is 27.1. The lowest BCUT2D eigenvalue weighted by molar-refractivity contribution is -0.896. The second-order valence-corrected chi connectivity index (χ2v) is 9.05. The zero-order chi connectivity index (χ0) is 27.1. The number of benzene rings is 3. The number of carbonyl (C=O) groups is 2. The Labute approximate surface area is 221 Å². The summed E-state index contributed by atoms with van der Waals surface area (Å²) in [5.74, 6) is -1.10. The third-order valence-electron chi connectivity index (χ3n) is 6.44. The quantitative estimate of drug-likeness (QED) is 0.309. The van der Waals surface area contributed by atoms with Crippen LogP contribution in [0.5, 0.6) is 0 Å². The van der Waals surface area contributed by atoms with Gasteiger partial charge in [0.2, 0.25) is 0 Å². The minimum Gasteiger partial charge on any atom is -0.456 e. The van der Waals surface area contributed by atoms with Gasteiger partial charge in [-0.1, -0.05) is 29.8 Å². The molecule has 0 aliphatic rings. The van der Waals surface area contributed by atoms with Crippen molar-refractivity contribution in [3.8, 4) is 16.9 Å². The number of rotatable bonds is 10. The Kier molecular flexibility index (Phi) is 8.66. The van der Waals surface area contributed by atoms with E-state index >= 15 is 0 Å². The fraction of sp³-hybridized carbons (Fsp3) is 0.233. The maximum absolute atomic E-state index is 13.4. The molecule has 0 atom stereocenters. The van der Waals surface area contributed by atoms with Crippen molar-refractivity contribution < 1.29 is 23.6 Å². The third kappa shape index (κ3) is 6.52. The van der Waals surface area contributed by atoms with E-state index in [1.807, 2.05) is 31.2 Å². The van der Waals surface area contributed by atoms with E-state index in [1.54, 1.807) is 47.3 Å². The van der Waals surface area contributed by atoms with Gasteiger partial charge < -0.3 is 15.0 Å². The number of nitrogens with zero attached hydrogens (tertiary/aromatic N) is 2. The Morgan fingerprint density at radius 3 is 2.24 bits per heavy atom. The van der Waals surface area contributed by atoms with Crippen LogP contribution in [-0.2, 0) is 4.74 Å². The molecule has 4 rings (SSSR count). The topological polar surface area (TPSA) is 77.7 Å². The number of hydrogen-bond donors (Lipinski definition) is 2. The van der Waals surface area contributed by atoms with Crippen LogP contribution in [0.4, 0.5) is 10.1 Å². The van der Waals surface area contributed by atoms with E-state index in [0.717, 1.165) is 30.8 Å². The van der Waals surface area contributed by atoms with Crippen LogP contribution in [0.3, 0.4) is 0 Å². The summed E-state index contributed by atoms with van der Waals surface area (Å²) in [6, 6.07) is 20.2. The average Bonchev–Trinajstić information content (AvgIpc) is 3.38. The van der Waals surface area contributed by atoms with E-state index in [2.05, 4.69) is 24.3 Å². The standard InChI is InChI=1S/C30H31FN4O3/c1-4-34(5-2)18-19-38-30(37)23-10-14-25(15-11-23)32-29(36)27-20-35(26-16-12-24(31)13-17-26)33-28(27)22-8-6-21(3)7-9-22/h6-17,20H,4-5,18-19H2,1-3H3,(H,32,36)/p+1. The van der Waals surface area contributed by atoms with Crippen molar-refractivity contribution in [3.63, 3.8) is 0 Å². The molecule has 4 aromatic rings. The minimum absolute atomic E-state index is 0.352. The number of hydrogen-bond acceptors (Lipinski definition) is 4. The number of likely N-dealkylation sites (N-methyl/N-ethyl adjacent to an activating group) is 1. The Bertz CT molecular complexity index is 1380. The predicted octanol–water partition coefficient (Wildman–Crippen LogP) is 4.32. The molecule has 0 aliphatic carbocycles. The fourth-order valence-electron chi connectivity index (χ4n) is 4.05. The van der Waals surface area contributed by atoms with Crippen LogP contribution < -0.4 is 10.2 Å². The molecule has 1 heterocycles. The minimum atomic E-state index is -0.392. The first kappa shape index (κ1) is 26.8. The second kappa shape index (κ2) is 12.3. The molecule has 38 heavy (non-hydrogen) atoms. The number of anilines is 1. The van der Waals surface area contributed by atoms with Gasteiger partial charge in [0, 0.05) is 17.4 Å². The maximum Gasteiger partial charge on any atom is 0.338 e. The lowest BCUT2D eigenvalue weighted by Gasteiger charge is -2.15. The van der Waals surface area contributed by atoms with Crippen molar-refractivity contribution in [2.75, 3.05) is 31.6 Å². The second-order valence-electron chi connectivity index (χ2n) is 9.05. The van der Waals surface area contributed by atoms with Crippen molar-refractivity contribution in [2.24, 2.45) is 0 Å². The van der Waals surface area contributed by atoms with Gasteiger partial charge in [-0.05, 0) is 69.3 Å². The van der Waals surface area contributed by atoms with Gasteiger partial charge in [0.05, 0.1) is 29.9 Å². The molecule has 2 N–H and O–H groups in total. The first-order valence-electron chi connectivity index (χ1n) is 12.7. The summed E-state index contributed by atoms with van der Waals surface area (Å²) in [5.41, 5.74) is 4.31. The Hall–Kier alpha value is -4.30. The van der Waals surface area contributed by atoms with Gasteiger partial charge in [0.25, 0.3) is 5.91 Å². The summed E-state index contributed by atoms with van der Waals surface area (Å²) in [6.45, 7) is 9.28. The molecule has 3 aromatic carbocycles. The number of nitrogens with one attached hydrogen (secondary N) is 2. The van der Waals surface area contributed by atoms with E-state index in [1.165, 1.54) is 17.0 Å². The highest BCUT2D eigenvalue weighted by molar-refractivity contribution is 6.08. The highest BCUT2D eigenvalue weighted by atomic mass is 19.1. The van der Waals surface area contributed by atoms with Crippen molar-refractivity contribution in [2.45, 2.75) is 20.8 Å². The molecule has 0 radical (unpaired) electrons.